The third-order valence-electron chi connectivity index (χ3n) is 7.51. The molecular weight excluding hydrogens is 503 g/mol. The smallest absolute Gasteiger partial charge is 0.335 e. The molecule has 0 spiro atoms. The fraction of sp³-hybridized carbons (Fsp3) is 0.552. The molecule has 38 heavy (non-hydrogen) atoms. The van der Waals surface area contributed by atoms with Crippen LogP contribution in [0.5, 0.6) is 0 Å². The predicted molar refractivity (Wildman–Crippen MR) is 147 cm³/mol. The molecule has 0 amide bonds. The molecule has 7 nitrogen and oxygen atoms in total. The van der Waals surface area contributed by atoms with Crippen LogP contribution in [-0.2, 0) is 20.4 Å². The molecule has 1 aromatic heterocycles. The molecule has 208 valence electrons. The number of hydrogen-bond donors (Lipinski definition) is 2. The molecule has 3 rings (SSSR count). The van der Waals surface area contributed by atoms with Gasteiger partial charge in [0.05, 0.1) is 11.7 Å². The minimum Gasteiger partial charge on any atom is -0.478 e. The average molecular weight is 545 g/mol. The Hall–Kier alpha value is -2.62. The molecule has 2 N–H and O–H groups in total. The number of nitrogens with one attached hydrogen (secondary N) is 1. The first kappa shape index (κ1) is 29.9. The van der Waals surface area contributed by atoms with Crippen LogP contribution in [0.2, 0.25) is 18.1 Å². The third kappa shape index (κ3) is 7.06. The SMILES string of the molecule is CC(C)(C)OC(=O)[C@@]1(Cc2ccc(C(=O)O)cc2)CC[C@H]([C@H](O[Si](C)(C)C(C)(C)C)c2ccc(F)nc2)N1. The number of hydrogen-bond acceptors (Lipinski definition) is 6. The molecule has 0 radical (unpaired) electrons. The van der Waals surface area contributed by atoms with Crippen LogP contribution in [0.25, 0.3) is 0 Å². The summed E-state index contributed by atoms with van der Waals surface area (Å²) in [7, 11) is -2.27. The van der Waals surface area contributed by atoms with Gasteiger partial charge in [-0.15, -0.1) is 0 Å². The number of carbonyl (C=O) groups is 2. The summed E-state index contributed by atoms with van der Waals surface area (Å²) in [6, 6.07) is 9.33. The van der Waals surface area contributed by atoms with Crippen LogP contribution in [0.4, 0.5) is 4.39 Å². The van der Waals surface area contributed by atoms with E-state index in [0.717, 1.165) is 11.1 Å². The van der Waals surface area contributed by atoms with Crippen molar-refractivity contribution in [3.05, 3.63) is 65.2 Å². The van der Waals surface area contributed by atoms with Crippen LogP contribution < -0.4 is 5.32 Å². The fourth-order valence-corrected chi connectivity index (χ4v) is 5.71. The number of benzene rings is 1. The van der Waals surface area contributed by atoms with E-state index < -0.39 is 37.5 Å². The van der Waals surface area contributed by atoms with Crippen molar-refractivity contribution in [1.82, 2.24) is 10.3 Å². The summed E-state index contributed by atoms with van der Waals surface area (Å²) in [5.41, 5.74) is 0.0305. The van der Waals surface area contributed by atoms with Gasteiger partial charge in [0.15, 0.2) is 8.32 Å². The van der Waals surface area contributed by atoms with Crippen molar-refractivity contribution in [3.8, 4) is 0 Å². The second-order valence-corrected chi connectivity index (χ2v) is 17.5. The summed E-state index contributed by atoms with van der Waals surface area (Å²) in [5, 5.41) is 12.8. The van der Waals surface area contributed by atoms with Gasteiger partial charge in [-0.25, -0.2) is 9.78 Å². The Kier molecular flexibility index (Phi) is 8.55. The average Bonchev–Trinajstić information content (AvgIpc) is 3.22. The van der Waals surface area contributed by atoms with Gasteiger partial charge in [0, 0.05) is 18.7 Å². The molecule has 1 aliphatic heterocycles. The Morgan fingerprint density at radius 3 is 2.26 bits per heavy atom. The van der Waals surface area contributed by atoms with E-state index in [2.05, 4.69) is 44.2 Å². The standard InChI is InChI=1S/C29H41FN2O5Si/c1-27(2,3)36-26(35)29(17-19-9-11-20(12-10-19)25(33)34)16-15-22(32-29)24(21-13-14-23(30)31-18-21)37-38(7,8)28(4,5)6/h9-14,18,22,24,32H,15-17H2,1-8H3,(H,33,34)/t22-,24-,29+/m1/s1. The Morgan fingerprint density at radius 2 is 1.76 bits per heavy atom. The number of pyridine rings is 1. The van der Waals surface area contributed by atoms with Crippen LogP contribution >= 0.6 is 0 Å². The molecule has 0 bridgehead atoms. The first-order valence-corrected chi connectivity index (χ1v) is 16.0. The van der Waals surface area contributed by atoms with Crippen molar-refractivity contribution >= 4 is 20.3 Å². The molecular formula is C29H41FN2O5Si. The van der Waals surface area contributed by atoms with Crippen LogP contribution in [0.1, 0.15) is 82.0 Å². The molecule has 9 heteroatoms. The van der Waals surface area contributed by atoms with Crippen molar-refractivity contribution in [2.24, 2.45) is 0 Å². The predicted octanol–water partition coefficient (Wildman–Crippen LogP) is 6.06. The molecule has 1 aromatic carbocycles. The van der Waals surface area contributed by atoms with Gasteiger partial charge in [-0.3, -0.25) is 10.1 Å². The molecule has 0 unspecified atom stereocenters. The maximum Gasteiger partial charge on any atom is 0.335 e. The van der Waals surface area contributed by atoms with Crippen molar-refractivity contribution < 1.29 is 28.2 Å². The van der Waals surface area contributed by atoms with Gasteiger partial charge in [-0.2, -0.15) is 4.39 Å². The van der Waals surface area contributed by atoms with E-state index >= 15 is 0 Å². The Balaban J connectivity index is 1.99. The molecule has 0 aliphatic carbocycles. The number of nitrogens with zero attached hydrogens (tertiary/aromatic N) is 1. The lowest BCUT2D eigenvalue weighted by molar-refractivity contribution is -0.163. The lowest BCUT2D eigenvalue weighted by Crippen LogP contribution is -2.56. The minimum atomic E-state index is -2.27. The number of rotatable bonds is 8. The quantitative estimate of drug-likeness (QED) is 0.237. The van der Waals surface area contributed by atoms with Gasteiger partial charge in [0.25, 0.3) is 0 Å². The van der Waals surface area contributed by atoms with E-state index in [0.29, 0.717) is 19.3 Å². The monoisotopic (exact) mass is 544 g/mol. The van der Waals surface area contributed by atoms with Crippen molar-refractivity contribution in [2.45, 2.75) is 102 Å². The number of aromatic nitrogens is 1. The van der Waals surface area contributed by atoms with Crippen LogP contribution in [0.3, 0.4) is 0 Å². The van der Waals surface area contributed by atoms with Gasteiger partial charge in [0.2, 0.25) is 5.95 Å². The molecule has 1 aliphatic rings. The van der Waals surface area contributed by atoms with E-state index in [1.54, 1.807) is 30.3 Å². The molecule has 1 fully saturated rings. The number of carbonyl (C=O) groups excluding carboxylic acids is 1. The van der Waals surface area contributed by atoms with Gasteiger partial charge in [0.1, 0.15) is 11.1 Å². The van der Waals surface area contributed by atoms with Crippen LogP contribution in [0, 0.1) is 5.95 Å². The Bertz CT molecular complexity index is 1140. The molecule has 3 atom stereocenters. The first-order chi connectivity index (χ1) is 17.4. The maximum absolute atomic E-state index is 13.7. The number of esters is 1. The molecule has 2 aromatic rings. The van der Waals surface area contributed by atoms with E-state index in [-0.39, 0.29) is 22.6 Å². The van der Waals surface area contributed by atoms with Crippen molar-refractivity contribution in [3.63, 3.8) is 0 Å². The zero-order valence-electron chi connectivity index (χ0n) is 23.7. The summed E-state index contributed by atoms with van der Waals surface area (Å²) >= 11 is 0. The highest BCUT2D eigenvalue weighted by atomic mass is 28.4. The molecule has 2 heterocycles. The lowest BCUT2D eigenvalue weighted by Gasteiger charge is -2.41. The fourth-order valence-electron chi connectivity index (χ4n) is 4.42. The highest BCUT2D eigenvalue weighted by molar-refractivity contribution is 6.74. The van der Waals surface area contributed by atoms with Crippen LogP contribution in [0.15, 0.2) is 42.6 Å². The summed E-state index contributed by atoms with van der Waals surface area (Å²) in [6.45, 7) is 16.3. The maximum atomic E-state index is 13.7. The second kappa shape index (κ2) is 10.9. The summed E-state index contributed by atoms with van der Waals surface area (Å²) in [6.07, 6.45) is 2.52. The summed E-state index contributed by atoms with van der Waals surface area (Å²) in [4.78, 5) is 28.9. The number of carboxylic acid groups (broad SMARTS) is 1. The van der Waals surface area contributed by atoms with Gasteiger partial charge < -0.3 is 14.3 Å². The highest BCUT2D eigenvalue weighted by Gasteiger charge is 2.51. The Labute approximate surface area is 226 Å². The Morgan fingerprint density at radius 1 is 1.13 bits per heavy atom. The van der Waals surface area contributed by atoms with Crippen molar-refractivity contribution in [1.29, 1.82) is 0 Å². The zero-order valence-corrected chi connectivity index (χ0v) is 24.7. The third-order valence-corrected chi connectivity index (χ3v) is 12.0. The summed E-state index contributed by atoms with van der Waals surface area (Å²) < 4.78 is 26.5. The number of aromatic carboxylic acids is 1. The largest absolute Gasteiger partial charge is 0.478 e. The number of halogens is 1. The van der Waals surface area contributed by atoms with Gasteiger partial charge in [-0.05, 0) is 81.1 Å². The van der Waals surface area contributed by atoms with E-state index in [4.69, 9.17) is 9.16 Å². The van der Waals surface area contributed by atoms with Crippen LogP contribution in [-0.4, -0.2) is 47.5 Å². The molecule has 1 saturated heterocycles. The second-order valence-electron chi connectivity index (χ2n) is 12.8. The lowest BCUT2D eigenvalue weighted by atomic mass is 9.88. The van der Waals surface area contributed by atoms with E-state index in [1.807, 2.05) is 20.8 Å². The number of ether oxygens (including phenoxy) is 1. The number of carboxylic acids is 1. The van der Waals surface area contributed by atoms with Gasteiger partial charge >= 0.3 is 11.9 Å². The highest BCUT2D eigenvalue weighted by Crippen LogP contribution is 2.43. The topological polar surface area (TPSA) is 97.8 Å². The summed E-state index contributed by atoms with van der Waals surface area (Å²) in [5.74, 6) is -1.93. The normalized spacial score (nSPS) is 21.2. The van der Waals surface area contributed by atoms with E-state index in [1.165, 1.54) is 12.3 Å². The first-order valence-electron chi connectivity index (χ1n) is 13.1. The van der Waals surface area contributed by atoms with Crippen molar-refractivity contribution in [2.75, 3.05) is 0 Å². The van der Waals surface area contributed by atoms with E-state index in [9.17, 15) is 19.1 Å². The zero-order chi connectivity index (χ0) is 28.5. The minimum absolute atomic E-state index is 0.0640. The van der Waals surface area contributed by atoms with Gasteiger partial charge in [-0.1, -0.05) is 39.0 Å². The molecule has 0 saturated carbocycles.